The largest absolute Gasteiger partial charge is 1.00 e. The first kappa shape index (κ1) is 46.6. The number of likely N-dealkylation sites (N-methyl/N-ethyl adjacent to an activating group) is 1. The molecule has 0 spiro atoms. The van der Waals surface area contributed by atoms with E-state index in [-0.39, 0.29) is 18.4 Å². The van der Waals surface area contributed by atoms with Gasteiger partial charge in [0.2, 0.25) is 0 Å². The third-order valence-electron chi connectivity index (χ3n) is 10.0. The molecule has 4 N–H and O–H groups in total. The van der Waals surface area contributed by atoms with Crippen LogP contribution in [0.5, 0.6) is 0 Å². The normalized spacial score (nSPS) is 11.5. The maximum atomic E-state index is 5.62. The monoisotopic (exact) mass is 657 g/mol. The van der Waals surface area contributed by atoms with Crippen LogP contribution in [0.25, 0.3) is 0 Å². The van der Waals surface area contributed by atoms with Crippen molar-refractivity contribution in [2.75, 3.05) is 33.2 Å². The highest BCUT2D eigenvalue weighted by atomic mass is 35.5. The zero-order valence-electron chi connectivity index (χ0n) is 31.4. The number of rotatable bonds is 37. The minimum Gasteiger partial charge on any atom is -1.00 e. The van der Waals surface area contributed by atoms with Crippen LogP contribution in [0, 0.1) is 0 Å². The molecular formula is C40H85ClN4. The van der Waals surface area contributed by atoms with Crippen molar-refractivity contribution in [3.8, 4) is 0 Å². The Balaban J connectivity index is 0. The van der Waals surface area contributed by atoms with Crippen molar-refractivity contribution >= 4 is 5.96 Å². The van der Waals surface area contributed by atoms with Crippen molar-refractivity contribution in [1.29, 1.82) is 0 Å². The SMILES string of the molecule is CCCCCCCCCCCCCCCCCC[N+](C)(CCCCCCCCCCCCCCCCCC)CCN=C(N)N.[Cl-]. The number of guanidine groups is 1. The van der Waals surface area contributed by atoms with E-state index in [1.807, 2.05) is 0 Å². The molecule has 0 aromatic carbocycles. The number of quaternary nitrogens is 1. The third kappa shape index (κ3) is 37.9. The summed E-state index contributed by atoms with van der Waals surface area (Å²) in [6.07, 6.45) is 45.8. The van der Waals surface area contributed by atoms with Crippen molar-refractivity contribution in [2.24, 2.45) is 16.5 Å². The van der Waals surface area contributed by atoms with E-state index in [0.717, 1.165) is 17.6 Å². The van der Waals surface area contributed by atoms with E-state index in [9.17, 15) is 0 Å². The van der Waals surface area contributed by atoms with Crippen LogP contribution in [0.4, 0.5) is 0 Å². The van der Waals surface area contributed by atoms with Crippen LogP contribution in [0.1, 0.15) is 219 Å². The molecule has 0 unspecified atom stereocenters. The molecule has 0 rings (SSSR count). The average molecular weight is 658 g/mol. The predicted molar refractivity (Wildman–Crippen MR) is 201 cm³/mol. The average Bonchev–Trinajstić information content (AvgIpc) is 3.00. The number of nitrogens with zero attached hydrogens (tertiary/aromatic N) is 2. The lowest BCUT2D eigenvalue weighted by Crippen LogP contribution is -3.00. The van der Waals surface area contributed by atoms with Crippen LogP contribution < -0.4 is 23.9 Å². The summed E-state index contributed by atoms with van der Waals surface area (Å²) in [5.74, 6) is 0.237. The maximum absolute atomic E-state index is 5.62. The summed E-state index contributed by atoms with van der Waals surface area (Å²) in [5.41, 5.74) is 11.2. The van der Waals surface area contributed by atoms with Crippen molar-refractivity contribution in [3.63, 3.8) is 0 Å². The van der Waals surface area contributed by atoms with Gasteiger partial charge >= 0.3 is 0 Å². The molecular weight excluding hydrogens is 572 g/mol. The van der Waals surface area contributed by atoms with E-state index < -0.39 is 0 Å². The lowest BCUT2D eigenvalue weighted by atomic mass is 10.0. The van der Waals surface area contributed by atoms with Crippen molar-refractivity contribution in [3.05, 3.63) is 0 Å². The molecule has 0 saturated heterocycles. The number of hydrogen-bond acceptors (Lipinski definition) is 1. The van der Waals surface area contributed by atoms with E-state index >= 15 is 0 Å². The van der Waals surface area contributed by atoms with Crippen LogP contribution in [-0.2, 0) is 0 Å². The number of hydrogen-bond donors (Lipinski definition) is 2. The molecule has 0 atom stereocenters. The molecule has 0 aliphatic carbocycles. The zero-order valence-corrected chi connectivity index (χ0v) is 32.1. The Labute approximate surface area is 291 Å². The van der Waals surface area contributed by atoms with Gasteiger partial charge in [-0.2, -0.15) is 0 Å². The van der Waals surface area contributed by atoms with Crippen molar-refractivity contribution in [2.45, 2.75) is 219 Å². The summed E-state index contributed by atoms with van der Waals surface area (Å²) in [6.45, 7) is 8.98. The second-order valence-electron chi connectivity index (χ2n) is 14.7. The highest BCUT2D eigenvalue weighted by Crippen LogP contribution is 2.17. The Morgan fingerprint density at radius 3 is 0.822 bits per heavy atom. The van der Waals surface area contributed by atoms with Crippen LogP contribution in [0.2, 0.25) is 0 Å². The quantitative estimate of drug-likeness (QED) is 0.0303. The molecule has 5 heteroatoms. The van der Waals surface area contributed by atoms with Gasteiger partial charge in [0.25, 0.3) is 0 Å². The van der Waals surface area contributed by atoms with Crippen LogP contribution in [0.3, 0.4) is 0 Å². The third-order valence-corrected chi connectivity index (χ3v) is 10.0. The van der Waals surface area contributed by atoms with E-state index in [1.54, 1.807) is 0 Å². The zero-order chi connectivity index (χ0) is 32.2. The molecule has 0 aliphatic heterocycles. The summed E-state index contributed by atoms with van der Waals surface area (Å²) in [5, 5.41) is 0. The predicted octanol–water partition coefficient (Wildman–Crippen LogP) is 9.23. The number of aliphatic imine (C=N–C) groups is 1. The van der Waals surface area contributed by atoms with Gasteiger partial charge in [0.1, 0.15) is 0 Å². The number of halogens is 1. The van der Waals surface area contributed by atoms with E-state index in [0.29, 0.717) is 0 Å². The first-order valence-corrected chi connectivity index (χ1v) is 20.4. The molecule has 0 amide bonds. The van der Waals surface area contributed by atoms with Gasteiger partial charge in [-0.25, -0.2) is 4.99 Å². The second kappa shape index (κ2) is 38.0. The standard InChI is InChI=1S/C40H85N4.ClH/c1-4-6-8-10-12-14-16-18-20-22-24-26-28-30-32-34-37-44(3,39-36-43-40(41)42)38-35-33-31-29-27-25-23-21-19-17-15-13-11-9-7-5-2;/h4-39H2,1-3H3,(H4,41,42,43);1H/q+1;/p-1. The minimum absolute atomic E-state index is 0. The van der Waals surface area contributed by atoms with Gasteiger partial charge in [-0.05, 0) is 25.7 Å². The maximum Gasteiger partial charge on any atom is 0.186 e. The fraction of sp³-hybridized carbons (Fsp3) is 0.975. The van der Waals surface area contributed by atoms with E-state index in [1.165, 1.54) is 219 Å². The van der Waals surface area contributed by atoms with Crippen molar-refractivity contribution in [1.82, 2.24) is 0 Å². The number of nitrogens with two attached hydrogens (primary N) is 2. The Morgan fingerprint density at radius 1 is 0.378 bits per heavy atom. The molecule has 0 radical (unpaired) electrons. The summed E-state index contributed by atoms with van der Waals surface area (Å²) in [7, 11) is 2.44. The molecule has 0 aromatic heterocycles. The van der Waals surface area contributed by atoms with Gasteiger partial charge in [0.05, 0.1) is 33.2 Å². The Morgan fingerprint density at radius 2 is 0.600 bits per heavy atom. The van der Waals surface area contributed by atoms with Gasteiger partial charge in [-0.3, -0.25) is 0 Å². The van der Waals surface area contributed by atoms with Gasteiger partial charge < -0.3 is 28.4 Å². The molecule has 0 aromatic rings. The number of unbranched alkanes of at least 4 members (excludes halogenated alkanes) is 30. The smallest absolute Gasteiger partial charge is 0.186 e. The molecule has 0 fully saturated rings. The second-order valence-corrected chi connectivity index (χ2v) is 14.7. The Kier molecular flexibility index (Phi) is 39.4. The molecule has 0 saturated carbocycles. The highest BCUT2D eigenvalue weighted by molar-refractivity contribution is 5.75. The molecule has 0 aliphatic rings. The topological polar surface area (TPSA) is 64.4 Å². The molecule has 0 heterocycles. The summed E-state index contributed by atoms with van der Waals surface area (Å²) in [4.78, 5) is 4.32. The lowest BCUT2D eigenvalue weighted by Gasteiger charge is -2.34. The van der Waals surface area contributed by atoms with E-state index in [4.69, 9.17) is 11.5 Å². The van der Waals surface area contributed by atoms with Gasteiger partial charge in [-0.1, -0.05) is 194 Å². The van der Waals surface area contributed by atoms with Crippen LogP contribution >= 0.6 is 0 Å². The highest BCUT2D eigenvalue weighted by Gasteiger charge is 2.20. The van der Waals surface area contributed by atoms with Gasteiger partial charge in [-0.15, -0.1) is 0 Å². The van der Waals surface area contributed by atoms with Crippen LogP contribution in [-0.4, -0.2) is 43.7 Å². The van der Waals surface area contributed by atoms with E-state index in [2.05, 4.69) is 25.9 Å². The van der Waals surface area contributed by atoms with Gasteiger partial charge in [0.15, 0.2) is 5.96 Å². The first-order chi connectivity index (χ1) is 21.5. The van der Waals surface area contributed by atoms with Gasteiger partial charge in [0, 0.05) is 0 Å². The first-order valence-electron chi connectivity index (χ1n) is 20.4. The molecule has 4 nitrogen and oxygen atoms in total. The molecule has 45 heavy (non-hydrogen) atoms. The summed E-state index contributed by atoms with van der Waals surface area (Å²) >= 11 is 0. The Hall–Kier alpha value is -0.480. The fourth-order valence-corrected chi connectivity index (χ4v) is 6.84. The lowest BCUT2D eigenvalue weighted by molar-refractivity contribution is -0.908. The van der Waals surface area contributed by atoms with Crippen LogP contribution in [0.15, 0.2) is 4.99 Å². The molecule has 0 bridgehead atoms. The Bertz CT molecular complexity index is 543. The summed E-state index contributed by atoms with van der Waals surface area (Å²) < 4.78 is 1.13. The fourth-order valence-electron chi connectivity index (χ4n) is 6.84. The molecule has 272 valence electrons. The van der Waals surface area contributed by atoms with Crippen molar-refractivity contribution < 1.29 is 16.9 Å². The summed E-state index contributed by atoms with van der Waals surface area (Å²) in [6, 6.07) is 0. The minimum atomic E-state index is 0.